The molecule has 0 unspecified atom stereocenters. The Hall–Kier alpha value is -2.50. The second-order valence-electron chi connectivity index (χ2n) is 5.38. The van der Waals surface area contributed by atoms with Crippen LogP contribution in [0.25, 0.3) is 11.3 Å². The number of rotatable bonds is 4. The molecule has 1 aliphatic carbocycles. The van der Waals surface area contributed by atoms with Gasteiger partial charge in [-0.3, -0.25) is 9.78 Å². The molecule has 1 saturated carbocycles. The molecule has 0 saturated heterocycles. The Morgan fingerprint density at radius 2 is 2.24 bits per heavy atom. The minimum Gasteiger partial charge on any atom is -0.313 e. The largest absolute Gasteiger partial charge is 0.325 e. The SMILES string of the molecule is C=CC[C@H]1C[C@@H]1c1cc(-c2c[nH]c(=O)[nH]c2=O)nnc1C. The first-order valence-corrected chi connectivity index (χ1v) is 6.87. The highest BCUT2D eigenvalue weighted by molar-refractivity contribution is 5.57. The number of hydrogen-bond acceptors (Lipinski definition) is 4. The molecule has 6 nitrogen and oxygen atoms in total. The minimum atomic E-state index is -0.530. The van der Waals surface area contributed by atoms with Crippen LogP contribution >= 0.6 is 0 Å². The van der Waals surface area contributed by atoms with Gasteiger partial charge in [0.2, 0.25) is 0 Å². The monoisotopic (exact) mass is 284 g/mol. The van der Waals surface area contributed by atoms with Gasteiger partial charge in [0.25, 0.3) is 5.56 Å². The van der Waals surface area contributed by atoms with E-state index in [0.717, 1.165) is 24.1 Å². The number of allylic oxidation sites excluding steroid dienone is 1. The Kier molecular flexibility index (Phi) is 3.29. The van der Waals surface area contributed by atoms with Crippen molar-refractivity contribution in [2.45, 2.75) is 25.7 Å². The smallest absolute Gasteiger partial charge is 0.313 e. The fourth-order valence-corrected chi connectivity index (χ4v) is 2.68. The number of nitrogens with zero attached hydrogens (tertiary/aromatic N) is 2. The summed E-state index contributed by atoms with van der Waals surface area (Å²) in [5, 5.41) is 8.22. The van der Waals surface area contributed by atoms with Crippen LogP contribution in [0.3, 0.4) is 0 Å². The van der Waals surface area contributed by atoms with Gasteiger partial charge in [0, 0.05) is 6.20 Å². The van der Waals surface area contributed by atoms with Crippen molar-refractivity contribution < 1.29 is 0 Å². The first kappa shape index (κ1) is 13.5. The lowest BCUT2D eigenvalue weighted by atomic mass is 10.0. The summed E-state index contributed by atoms with van der Waals surface area (Å²) < 4.78 is 0. The summed E-state index contributed by atoms with van der Waals surface area (Å²) in [6, 6.07) is 1.90. The average molecular weight is 284 g/mol. The summed E-state index contributed by atoms with van der Waals surface area (Å²) in [5.74, 6) is 1.06. The van der Waals surface area contributed by atoms with Gasteiger partial charge in [-0.05, 0) is 43.2 Å². The van der Waals surface area contributed by atoms with Crippen molar-refractivity contribution in [1.29, 1.82) is 0 Å². The molecule has 6 heteroatoms. The predicted molar refractivity (Wildman–Crippen MR) is 79.1 cm³/mol. The van der Waals surface area contributed by atoms with Crippen LogP contribution in [0.2, 0.25) is 0 Å². The lowest BCUT2D eigenvalue weighted by Gasteiger charge is -2.06. The standard InChI is InChI=1S/C15H16N4O2/c1-3-4-9-5-11(9)10-6-13(19-18-8(10)2)12-7-16-15(21)17-14(12)20/h3,6-7,9,11H,1,4-5H2,2H3,(H2,16,17,20,21)/t9-,11-/m0/s1. The van der Waals surface area contributed by atoms with E-state index in [9.17, 15) is 9.59 Å². The van der Waals surface area contributed by atoms with E-state index >= 15 is 0 Å². The molecule has 3 rings (SSSR count). The number of nitrogens with one attached hydrogen (secondary N) is 2. The van der Waals surface area contributed by atoms with Gasteiger partial charge in [0.1, 0.15) is 5.69 Å². The predicted octanol–water partition coefficient (Wildman–Crippen LogP) is 1.51. The maximum absolute atomic E-state index is 11.8. The van der Waals surface area contributed by atoms with Gasteiger partial charge in [-0.25, -0.2) is 4.79 Å². The highest BCUT2D eigenvalue weighted by atomic mass is 16.2. The van der Waals surface area contributed by atoms with E-state index in [1.165, 1.54) is 6.20 Å². The molecule has 0 amide bonds. The van der Waals surface area contributed by atoms with Crippen molar-refractivity contribution in [3.05, 3.63) is 57.0 Å². The first-order valence-electron chi connectivity index (χ1n) is 6.87. The van der Waals surface area contributed by atoms with Gasteiger partial charge < -0.3 is 4.98 Å². The Balaban J connectivity index is 2.00. The quantitative estimate of drug-likeness (QED) is 0.832. The molecule has 2 N–H and O–H groups in total. The summed E-state index contributed by atoms with van der Waals surface area (Å²) in [5.41, 5.74) is 1.83. The van der Waals surface area contributed by atoms with Crippen molar-refractivity contribution in [2.24, 2.45) is 5.92 Å². The van der Waals surface area contributed by atoms with Gasteiger partial charge in [0.05, 0.1) is 11.3 Å². The van der Waals surface area contributed by atoms with Crippen LogP contribution in [-0.2, 0) is 0 Å². The maximum Gasteiger partial charge on any atom is 0.325 e. The summed E-state index contributed by atoms with van der Waals surface area (Å²) in [7, 11) is 0. The van der Waals surface area contributed by atoms with Crippen LogP contribution in [0.15, 0.2) is 34.5 Å². The van der Waals surface area contributed by atoms with Gasteiger partial charge >= 0.3 is 5.69 Å². The first-order chi connectivity index (χ1) is 10.1. The third-order valence-corrected chi connectivity index (χ3v) is 3.90. The Labute approximate surface area is 121 Å². The molecular formula is C15H16N4O2. The van der Waals surface area contributed by atoms with E-state index in [0.29, 0.717) is 23.1 Å². The molecule has 0 spiro atoms. The molecule has 2 atom stereocenters. The molecule has 108 valence electrons. The number of aryl methyl sites for hydroxylation is 1. The Bertz CT molecular complexity index is 806. The van der Waals surface area contributed by atoms with E-state index in [-0.39, 0.29) is 0 Å². The summed E-state index contributed by atoms with van der Waals surface area (Å²) >= 11 is 0. The van der Waals surface area contributed by atoms with E-state index in [1.807, 2.05) is 19.1 Å². The highest BCUT2D eigenvalue weighted by Gasteiger charge is 2.38. The van der Waals surface area contributed by atoms with E-state index in [4.69, 9.17) is 0 Å². The van der Waals surface area contributed by atoms with Gasteiger partial charge in [-0.1, -0.05) is 6.08 Å². The highest BCUT2D eigenvalue weighted by Crippen LogP contribution is 2.50. The fourth-order valence-electron chi connectivity index (χ4n) is 2.68. The molecule has 2 aromatic heterocycles. The van der Waals surface area contributed by atoms with E-state index < -0.39 is 11.2 Å². The zero-order valence-corrected chi connectivity index (χ0v) is 11.7. The fraction of sp³-hybridized carbons (Fsp3) is 0.333. The second kappa shape index (κ2) is 5.12. The molecule has 0 aliphatic heterocycles. The lowest BCUT2D eigenvalue weighted by Crippen LogP contribution is -2.23. The summed E-state index contributed by atoms with van der Waals surface area (Å²) in [6.45, 7) is 5.69. The second-order valence-corrected chi connectivity index (χ2v) is 5.38. The van der Waals surface area contributed by atoms with Crippen molar-refractivity contribution >= 4 is 0 Å². The molecule has 1 fully saturated rings. The van der Waals surface area contributed by atoms with Gasteiger partial charge in [-0.15, -0.1) is 11.7 Å². The van der Waals surface area contributed by atoms with Crippen molar-refractivity contribution in [3.8, 4) is 11.3 Å². The molecular weight excluding hydrogens is 268 g/mol. The molecule has 2 heterocycles. The number of hydrogen-bond donors (Lipinski definition) is 2. The van der Waals surface area contributed by atoms with Crippen LogP contribution in [0.4, 0.5) is 0 Å². The number of H-pyrrole nitrogens is 2. The number of aromatic nitrogens is 4. The molecule has 0 aromatic carbocycles. The third-order valence-electron chi connectivity index (χ3n) is 3.90. The minimum absolute atomic E-state index is 0.323. The molecule has 0 radical (unpaired) electrons. The van der Waals surface area contributed by atoms with Gasteiger partial charge in [0.15, 0.2) is 0 Å². The zero-order valence-electron chi connectivity index (χ0n) is 11.7. The third kappa shape index (κ3) is 2.56. The van der Waals surface area contributed by atoms with E-state index in [1.54, 1.807) is 0 Å². The zero-order chi connectivity index (χ0) is 15.0. The van der Waals surface area contributed by atoms with Crippen LogP contribution in [0.1, 0.15) is 30.0 Å². The molecule has 1 aliphatic rings. The van der Waals surface area contributed by atoms with Crippen molar-refractivity contribution in [2.75, 3.05) is 0 Å². The van der Waals surface area contributed by atoms with Crippen molar-refractivity contribution in [3.63, 3.8) is 0 Å². The lowest BCUT2D eigenvalue weighted by molar-refractivity contribution is 0.807. The topological polar surface area (TPSA) is 91.5 Å². The normalized spacial score (nSPS) is 20.2. The van der Waals surface area contributed by atoms with Crippen molar-refractivity contribution in [1.82, 2.24) is 20.2 Å². The Morgan fingerprint density at radius 3 is 2.95 bits per heavy atom. The van der Waals surface area contributed by atoms with Crippen LogP contribution in [0, 0.1) is 12.8 Å². The number of aromatic amines is 2. The van der Waals surface area contributed by atoms with Crippen LogP contribution in [-0.4, -0.2) is 20.2 Å². The van der Waals surface area contributed by atoms with E-state index in [2.05, 4.69) is 26.7 Å². The molecule has 0 bridgehead atoms. The van der Waals surface area contributed by atoms with Crippen LogP contribution in [0.5, 0.6) is 0 Å². The average Bonchev–Trinajstić information content (AvgIpc) is 3.19. The summed E-state index contributed by atoms with van der Waals surface area (Å²) in [4.78, 5) is 27.6. The maximum atomic E-state index is 11.8. The Morgan fingerprint density at radius 1 is 1.43 bits per heavy atom. The van der Waals surface area contributed by atoms with Gasteiger partial charge in [-0.2, -0.15) is 5.10 Å². The molecule has 21 heavy (non-hydrogen) atoms. The van der Waals surface area contributed by atoms with Crippen LogP contribution < -0.4 is 11.2 Å². The molecule has 2 aromatic rings. The summed E-state index contributed by atoms with van der Waals surface area (Å²) in [6.07, 6.45) is 5.40.